The Morgan fingerprint density at radius 2 is 2.20 bits per heavy atom. The normalized spacial score (nSPS) is 27.8. The smallest absolute Gasteiger partial charge is 0.137 e. The van der Waals surface area contributed by atoms with Crippen LogP contribution >= 0.6 is 11.6 Å². The number of carbonyl (C=O) groups excluding carboxylic acids is 1. The standard InChI is InChI=1S/C17H21ClO2/c1-20-17-5-4-15(18)8-14(17)10-16(19)9-13-7-11-2-3-12(13)6-11/h4-5,8,11-13H,2-3,6-7,9-10H2,1H3. The fourth-order valence-corrected chi connectivity index (χ4v) is 4.28. The lowest BCUT2D eigenvalue weighted by molar-refractivity contribution is -0.119. The molecule has 0 aromatic heterocycles. The van der Waals surface area contributed by atoms with Gasteiger partial charge in [-0.3, -0.25) is 4.79 Å². The van der Waals surface area contributed by atoms with Crippen molar-refractivity contribution in [3.8, 4) is 5.75 Å². The van der Waals surface area contributed by atoms with E-state index in [1.54, 1.807) is 13.2 Å². The summed E-state index contributed by atoms with van der Waals surface area (Å²) in [5.74, 6) is 3.42. The van der Waals surface area contributed by atoms with Crippen LogP contribution in [0.1, 0.15) is 37.7 Å². The first-order valence-corrected chi connectivity index (χ1v) is 7.87. The van der Waals surface area contributed by atoms with E-state index in [9.17, 15) is 4.79 Å². The van der Waals surface area contributed by atoms with Crippen LogP contribution in [0.25, 0.3) is 0 Å². The molecule has 3 heteroatoms. The van der Waals surface area contributed by atoms with Crippen molar-refractivity contribution in [3.05, 3.63) is 28.8 Å². The van der Waals surface area contributed by atoms with Gasteiger partial charge in [0.1, 0.15) is 11.5 Å². The minimum absolute atomic E-state index is 0.322. The van der Waals surface area contributed by atoms with E-state index in [-0.39, 0.29) is 0 Å². The summed E-state index contributed by atoms with van der Waals surface area (Å²) in [6.07, 6.45) is 6.52. The van der Waals surface area contributed by atoms with Crippen LogP contribution < -0.4 is 4.74 Å². The third-order valence-electron chi connectivity index (χ3n) is 5.00. The van der Waals surface area contributed by atoms with E-state index < -0.39 is 0 Å². The van der Waals surface area contributed by atoms with E-state index in [1.807, 2.05) is 12.1 Å². The van der Waals surface area contributed by atoms with Crippen LogP contribution in [0.5, 0.6) is 5.75 Å². The van der Waals surface area contributed by atoms with Gasteiger partial charge in [0.15, 0.2) is 0 Å². The molecule has 3 unspecified atom stereocenters. The summed E-state index contributed by atoms with van der Waals surface area (Å²) in [6, 6.07) is 5.48. The highest BCUT2D eigenvalue weighted by atomic mass is 35.5. The Bertz CT molecular complexity index is 512. The van der Waals surface area contributed by atoms with Crippen molar-refractivity contribution in [3.63, 3.8) is 0 Å². The van der Waals surface area contributed by atoms with Gasteiger partial charge in [0.05, 0.1) is 7.11 Å². The molecule has 1 aromatic carbocycles. The highest BCUT2D eigenvalue weighted by Gasteiger charge is 2.39. The van der Waals surface area contributed by atoms with Gasteiger partial charge in [0.25, 0.3) is 0 Å². The van der Waals surface area contributed by atoms with Gasteiger partial charge in [-0.25, -0.2) is 0 Å². The van der Waals surface area contributed by atoms with Crippen molar-refractivity contribution in [1.82, 2.24) is 0 Å². The number of hydrogen-bond acceptors (Lipinski definition) is 2. The number of hydrogen-bond donors (Lipinski definition) is 0. The first kappa shape index (κ1) is 13.9. The molecule has 2 bridgehead atoms. The molecule has 2 aliphatic carbocycles. The fourth-order valence-electron chi connectivity index (χ4n) is 4.09. The second kappa shape index (κ2) is 5.77. The van der Waals surface area contributed by atoms with Crippen molar-refractivity contribution in [2.75, 3.05) is 7.11 Å². The number of methoxy groups -OCH3 is 1. The SMILES string of the molecule is COc1ccc(Cl)cc1CC(=O)CC1CC2CCC1C2. The quantitative estimate of drug-likeness (QED) is 0.809. The van der Waals surface area contributed by atoms with Crippen molar-refractivity contribution in [1.29, 1.82) is 0 Å². The van der Waals surface area contributed by atoms with Crippen molar-refractivity contribution in [2.24, 2.45) is 17.8 Å². The van der Waals surface area contributed by atoms with Gasteiger partial charge in [-0.05, 0) is 55.2 Å². The van der Waals surface area contributed by atoms with Gasteiger partial charge < -0.3 is 4.74 Å². The maximum absolute atomic E-state index is 12.3. The van der Waals surface area contributed by atoms with Crippen LogP contribution in [-0.4, -0.2) is 12.9 Å². The van der Waals surface area contributed by atoms with Crippen LogP contribution in [-0.2, 0) is 11.2 Å². The summed E-state index contributed by atoms with van der Waals surface area (Å²) < 4.78 is 5.31. The van der Waals surface area contributed by atoms with E-state index in [4.69, 9.17) is 16.3 Å². The number of halogens is 1. The second-order valence-electron chi connectivity index (χ2n) is 6.31. The molecule has 2 fully saturated rings. The van der Waals surface area contributed by atoms with Crippen LogP contribution in [0.3, 0.4) is 0 Å². The molecule has 3 atom stereocenters. The fraction of sp³-hybridized carbons (Fsp3) is 0.588. The molecule has 20 heavy (non-hydrogen) atoms. The van der Waals surface area contributed by atoms with Gasteiger partial charge >= 0.3 is 0 Å². The van der Waals surface area contributed by atoms with E-state index in [2.05, 4.69) is 0 Å². The number of ketones is 1. The lowest BCUT2D eigenvalue weighted by Gasteiger charge is -2.20. The molecule has 3 rings (SSSR count). The molecule has 0 N–H and O–H groups in total. The average molecular weight is 293 g/mol. The van der Waals surface area contributed by atoms with Gasteiger partial charge in [-0.2, -0.15) is 0 Å². The molecule has 2 nitrogen and oxygen atoms in total. The lowest BCUT2D eigenvalue weighted by atomic mass is 9.84. The lowest BCUT2D eigenvalue weighted by Crippen LogP contribution is -2.16. The first-order valence-electron chi connectivity index (χ1n) is 7.50. The first-order chi connectivity index (χ1) is 9.65. The van der Waals surface area contributed by atoms with Gasteiger partial charge in [-0.1, -0.05) is 18.0 Å². The molecule has 1 aromatic rings. The minimum atomic E-state index is 0.322. The molecule has 0 heterocycles. The largest absolute Gasteiger partial charge is 0.496 e. The number of Topliss-reactive ketones (excluding diaryl/α,β-unsaturated/α-hetero) is 1. The number of ether oxygens (including phenoxy) is 1. The summed E-state index contributed by atoms with van der Waals surface area (Å²) in [5.41, 5.74) is 0.910. The molecule has 0 radical (unpaired) electrons. The Hall–Kier alpha value is -1.02. The molecule has 0 saturated heterocycles. The van der Waals surface area contributed by atoms with Crippen LogP contribution in [0.2, 0.25) is 5.02 Å². The van der Waals surface area contributed by atoms with Gasteiger partial charge in [-0.15, -0.1) is 0 Å². The predicted octanol–water partition coefficient (Wildman–Crippen LogP) is 4.29. The molecule has 2 saturated carbocycles. The predicted molar refractivity (Wildman–Crippen MR) is 80.3 cm³/mol. The molecule has 108 valence electrons. The molecular weight excluding hydrogens is 272 g/mol. The highest BCUT2D eigenvalue weighted by Crippen LogP contribution is 2.49. The Kier molecular flexibility index (Phi) is 4.02. The summed E-state index contributed by atoms with van der Waals surface area (Å²) in [7, 11) is 1.63. The van der Waals surface area contributed by atoms with Crippen LogP contribution in [0.15, 0.2) is 18.2 Å². The van der Waals surface area contributed by atoms with Crippen LogP contribution in [0.4, 0.5) is 0 Å². The van der Waals surface area contributed by atoms with E-state index in [0.717, 1.165) is 29.6 Å². The van der Waals surface area contributed by atoms with Crippen molar-refractivity contribution in [2.45, 2.75) is 38.5 Å². The number of carbonyl (C=O) groups is 1. The number of benzene rings is 1. The highest BCUT2D eigenvalue weighted by molar-refractivity contribution is 6.30. The topological polar surface area (TPSA) is 26.3 Å². The summed E-state index contributed by atoms with van der Waals surface area (Å²) >= 11 is 6.01. The summed E-state index contributed by atoms with van der Waals surface area (Å²) in [4.78, 5) is 12.3. The maximum atomic E-state index is 12.3. The van der Waals surface area contributed by atoms with Crippen molar-refractivity contribution >= 4 is 17.4 Å². The molecule has 0 amide bonds. The van der Waals surface area contributed by atoms with Gasteiger partial charge in [0, 0.05) is 23.4 Å². The number of rotatable bonds is 5. The monoisotopic (exact) mass is 292 g/mol. The third-order valence-corrected chi connectivity index (χ3v) is 5.24. The summed E-state index contributed by atoms with van der Waals surface area (Å²) in [6.45, 7) is 0. The van der Waals surface area contributed by atoms with Crippen LogP contribution in [0, 0.1) is 17.8 Å². The number of fused-ring (bicyclic) bond motifs is 2. The Balaban J connectivity index is 1.63. The molecule has 2 aliphatic rings. The molecular formula is C17H21ClO2. The third kappa shape index (κ3) is 2.85. The van der Waals surface area contributed by atoms with E-state index in [1.165, 1.54) is 25.7 Å². The van der Waals surface area contributed by atoms with E-state index >= 15 is 0 Å². The second-order valence-corrected chi connectivity index (χ2v) is 6.75. The van der Waals surface area contributed by atoms with E-state index in [0.29, 0.717) is 23.1 Å². The zero-order valence-corrected chi connectivity index (χ0v) is 12.7. The zero-order valence-electron chi connectivity index (χ0n) is 11.9. The molecule has 0 spiro atoms. The summed E-state index contributed by atoms with van der Waals surface area (Å²) in [5, 5.41) is 0.661. The minimum Gasteiger partial charge on any atom is -0.496 e. The Morgan fingerprint density at radius 1 is 1.35 bits per heavy atom. The Labute approximate surface area is 125 Å². The molecule has 0 aliphatic heterocycles. The Morgan fingerprint density at radius 3 is 2.85 bits per heavy atom. The maximum Gasteiger partial charge on any atom is 0.137 e. The average Bonchev–Trinajstić information content (AvgIpc) is 3.01. The zero-order chi connectivity index (χ0) is 14.1. The van der Waals surface area contributed by atoms with Crippen molar-refractivity contribution < 1.29 is 9.53 Å². The van der Waals surface area contributed by atoms with Gasteiger partial charge in [0.2, 0.25) is 0 Å².